The van der Waals surface area contributed by atoms with Crippen LogP contribution in [0.15, 0.2) is 36.5 Å². The van der Waals surface area contributed by atoms with Crippen LogP contribution in [-0.2, 0) is 24.4 Å². The Bertz CT molecular complexity index is 1090. The summed E-state index contributed by atoms with van der Waals surface area (Å²) in [5.74, 6) is -0.147. The van der Waals surface area contributed by atoms with Crippen LogP contribution in [-0.4, -0.2) is 62.9 Å². The van der Waals surface area contributed by atoms with E-state index in [-0.39, 0.29) is 31.8 Å². The van der Waals surface area contributed by atoms with Crippen LogP contribution >= 0.6 is 0 Å². The topological polar surface area (TPSA) is 67.7 Å². The molecule has 1 saturated carbocycles. The summed E-state index contributed by atoms with van der Waals surface area (Å²) in [5, 5.41) is 4.32. The van der Waals surface area contributed by atoms with Gasteiger partial charge in [-0.15, -0.1) is 0 Å². The Labute approximate surface area is 209 Å². The maximum Gasteiger partial charge on any atom is 0.410 e. The molecule has 10 heteroatoms. The average molecular weight is 507 g/mol. The maximum absolute atomic E-state index is 13.3. The van der Waals surface area contributed by atoms with Crippen molar-refractivity contribution in [3.8, 4) is 0 Å². The molecule has 0 N–H and O–H groups in total. The van der Waals surface area contributed by atoms with Crippen LogP contribution in [0.1, 0.15) is 61.6 Å². The minimum atomic E-state index is -4.33. The van der Waals surface area contributed by atoms with Crippen molar-refractivity contribution < 1.29 is 27.5 Å². The van der Waals surface area contributed by atoms with Gasteiger partial charge in [-0.05, 0) is 44.6 Å². The highest BCUT2D eigenvalue weighted by Gasteiger charge is 2.47. The number of hydrogen-bond donors (Lipinski definition) is 0. The van der Waals surface area contributed by atoms with E-state index in [0.717, 1.165) is 5.56 Å². The van der Waals surface area contributed by atoms with Crippen LogP contribution in [0.2, 0.25) is 0 Å². The number of alkyl halides is 3. The number of aromatic nitrogens is 2. The van der Waals surface area contributed by atoms with Gasteiger partial charge in [-0.25, -0.2) is 4.79 Å². The van der Waals surface area contributed by atoms with Crippen LogP contribution in [0.5, 0.6) is 0 Å². The number of hydrogen-bond acceptors (Lipinski definition) is 5. The molecule has 1 fully saturated rings. The lowest BCUT2D eigenvalue weighted by Crippen LogP contribution is -2.42. The lowest BCUT2D eigenvalue weighted by atomic mass is 9.94. The van der Waals surface area contributed by atoms with Gasteiger partial charge in [-0.1, -0.05) is 30.3 Å². The second kappa shape index (κ2) is 9.88. The molecule has 0 unspecified atom stereocenters. The molecule has 4 rings (SSSR count). The van der Waals surface area contributed by atoms with Gasteiger partial charge in [0.15, 0.2) is 5.78 Å². The zero-order chi connectivity index (χ0) is 26.1. The highest BCUT2D eigenvalue weighted by Crippen LogP contribution is 2.50. The van der Waals surface area contributed by atoms with E-state index in [0.29, 0.717) is 37.2 Å². The van der Waals surface area contributed by atoms with E-state index in [1.54, 1.807) is 42.5 Å². The Morgan fingerprint density at radius 1 is 1.11 bits per heavy atom. The van der Waals surface area contributed by atoms with E-state index in [1.165, 1.54) is 11.1 Å². The summed E-state index contributed by atoms with van der Waals surface area (Å²) in [6, 6.07) is 9.06. The van der Waals surface area contributed by atoms with Crippen LogP contribution < -0.4 is 0 Å². The minimum absolute atomic E-state index is 0.147. The maximum atomic E-state index is 13.3. The van der Waals surface area contributed by atoms with Crippen LogP contribution in [0.25, 0.3) is 0 Å². The number of ether oxygens (including phenoxy) is 1. The zero-order valence-electron chi connectivity index (χ0n) is 21.0. The van der Waals surface area contributed by atoms with E-state index in [9.17, 15) is 22.8 Å². The van der Waals surface area contributed by atoms with Gasteiger partial charge >= 0.3 is 12.3 Å². The van der Waals surface area contributed by atoms with Crippen molar-refractivity contribution in [2.75, 3.05) is 19.6 Å². The van der Waals surface area contributed by atoms with E-state index in [1.807, 2.05) is 18.2 Å². The molecule has 0 saturated heterocycles. The van der Waals surface area contributed by atoms with Crippen molar-refractivity contribution in [2.24, 2.45) is 5.41 Å². The summed E-state index contributed by atoms with van der Waals surface area (Å²) in [4.78, 5) is 28.8. The number of halogens is 3. The number of carbonyl (C=O) groups excluding carboxylic acids is 2. The molecule has 0 radical (unpaired) electrons. The van der Waals surface area contributed by atoms with Gasteiger partial charge in [-0.3, -0.25) is 14.4 Å². The Hall–Kier alpha value is -2.88. The monoisotopic (exact) mass is 506 g/mol. The fraction of sp³-hybridized carbons (Fsp3) is 0.577. The number of nitrogens with zero attached hydrogens (tertiary/aromatic N) is 4. The summed E-state index contributed by atoms with van der Waals surface area (Å²) in [6.45, 7) is 5.81. The largest absolute Gasteiger partial charge is 0.444 e. The first-order valence-corrected chi connectivity index (χ1v) is 12.2. The molecule has 1 aliphatic carbocycles. The summed E-state index contributed by atoms with van der Waals surface area (Å²) in [6.07, 6.45) is -1.70. The second-order valence-electron chi connectivity index (χ2n) is 11.0. The van der Waals surface area contributed by atoms with Crippen molar-refractivity contribution in [2.45, 2.75) is 71.4 Å². The quantitative estimate of drug-likeness (QED) is 0.469. The van der Waals surface area contributed by atoms with Gasteiger partial charge in [0.2, 0.25) is 0 Å². The predicted molar refractivity (Wildman–Crippen MR) is 127 cm³/mol. The molecule has 196 valence electrons. The smallest absolute Gasteiger partial charge is 0.410 e. The van der Waals surface area contributed by atoms with Gasteiger partial charge in [0.1, 0.15) is 5.60 Å². The predicted octanol–water partition coefficient (Wildman–Crippen LogP) is 5.05. The number of ketones is 1. The number of carbonyl (C=O) groups is 2. The number of fused-ring (bicyclic) bond motifs is 1. The Morgan fingerprint density at radius 2 is 1.81 bits per heavy atom. The molecule has 1 aliphatic heterocycles. The van der Waals surface area contributed by atoms with Crippen molar-refractivity contribution in [3.63, 3.8) is 0 Å². The minimum Gasteiger partial charge on any atom is -0.444 e. The van der Waals surface area contributed by atoms with Gasteiger partial charge < -0.3 is 9.64 Å². The molecule has 2 heterocycles. The molecule has 0 bridgehead atoms. The lowest BCUT2D eigenvalue weighted by Gasteiger charge is -2.31. The third kappa shape index (κ3) is 6.87. The van der Waals surface area contributed by atoms with E-state index >= 15 is 0 Å². The average Bonchev–Trinajstić information content (AvgIpc) is 3.37. The van der Waals surface area contributed by atoms with Crippen LogP contribution in [0.4, 0.5) is 18.0 Å². The fourth-order valence-corrected chi connectivity index (χ4v) is 4.70. The summed E-state index contributed by atoms with van der Waals surface area (Å²) in [7, 11) is 0. The van der Waals surface area contributed by atoms with Crippen LogP contribution in [0.3, 0.4) is 0 Å². The summed E-state index contributed by atoms with van der Waals surface area (Å²) < 4.78 is 47.2. The van der Waals surface area contributed by atoms with Crippen molar-refractivity contribution in [1.82, 2.24) is 19.6 Å². The molecular formula is C26H33F3N4O3. The molecule has 1 amide bonds. The third-order valence-corrected chi connectivity index (χ3v) is 6.53. The standard InChI is InChI=1S/C26H33F3N4O3/c1-24(2,3)36-23(35)32-11-12-33-21(16-32)20(14-30-33)22(34)13-25(9-10-25)17-31(18-26(27,28)29)15-19-7-5-4-6-8-19/h4-8,14H,9-13,15-18H2,1-3H3. The molecule has 0 spiro atoms. The number of rotatable bonds is 8. The first kappa shape index (κ1) is 26.2. The Balaban J connectivity index is 1.44. The molecular weight excluding hydrogens is 473 g/mol. The highest BCUT2D eigenvalue weighted by molar-refractivity contribution is 5.97. The molecule has 1 aromatic heterocycles. The molecule has 1 aromatic carbocycles. The third-order valence-electron chi connectivity index (χ3n) is 6.53. The summed E-state index contributed by atoms with van der Waals surface area (Å²) in [5.41, 5.74) is 0.764. The Kier molecular flexibility index (Phi) is 7.19. The van der Waals surface area contributed by atoms with Gasteiger partial charge in [0.25, 0.3) is 0 Å². The number of benzene rings is 1. The van der Waals surface area contributed by atoms with Crippen molar-refractivity contribution in [3.05, 3.63) is 53.3 Å². The first-order chi connectivity index (χ1) is 16.8. The molecule has 0 atom stereocenters. The second-order valence-corrected chi connectivity index (χ2v) is 11.0. The number of Topliss-reactive ketones (excluding diaryl/α,β-unsaturated/α-hetero) is 1. The highest BCUT2D eigenvalue weighted by atomic mass is 19.4. The first-order valence-electron chi connectivity index (χ1n) is 12.2. The Morgan fingerprint density at radius 3 is 2.42 bits per heavy atom. The molecule has 36 heavy (non-hydrogen) atoms. The summed E-state index contributed by atoms with van der Waals surface area (Å²) >= 11 is 0. The fourth-order valence-electron chi connectivity index (χ4n) is 4.70. The zero-order valence-corrected chi connectivity index (χ0v) is 21.0. The molecule has 7 nitrogen and oxygen atoms in total. The number of amides is 1. The van der Waals surface area contributed by atoms with Gasteiger partial charge in [0, 0.05) is 26.1 Å². The van der Waals surface area contributed by atoms with Crippen molar-refractivity contribution >= 4 is 11.9 Å². The van der Waals surface area contributed by atoms with Gasteiger partial charge in [-0.2, -0.15) is 18.3 Å². The SMILES string of the molecule is CC(C)(C)OC(=O)N1CCn2ncc(C(=O)CC3(CN(Cc4ccccc4)CC(F)(F)F)CC3)c2C1. The molecule has 2 aliphatic rings. The van der Waals surface area contributed by atoms with E-state index in [4.69, 9.17) is 4.74 Å². The van der Waals surface area contributed by atoms with Gasteiger partial charge in [0.05, 0.1) is 37.1 Å². The molecule has 2 aromatic rings. The van der Waals surface area contributed by atoms with Crippen molar-refractivity contribution in [1.29, 1.82) is 0 Å². The van der Waals surface area contributed by atoms with Crippen LogP contribution in [0, 0.1) is 5.41 Å². The normalized spacial score (nSPS) is 17.1. The van der Waals surface area contributed by atoms with E-state index < -0.39 is 29.8 Å². The lowest BCUT2D eigenvalue weighted by molar-refractivity contribution is -0.148. The van der Waals surface area contributed by atoms with E-state index in [2.05, 4.69) is 5.10 Å².